The van der Waals surface area contributed by atoms with Crippen molar-refractivity contribution in [1.29, 1.82) is 0 Å². The topological polar surface area (TPSA) is 67.0 Å². The van der Waals surface area contributed by atoms with Crippen molar-refractivity contribution < 1.29 is 9.53 Å². The summed E-state index contributed by atoms with van der Waals surface area (Å²) in [7, 11) is 1.33. The standard InChI is InChI=1S/C17H23N3O2S/c1-11(12-6-4-3-5-7-12)23-13-8-9-14-15(10-13)19-16(18-14)20-17(21)22-2/h8-12H,3-7H2,1-2H3,(H2,18,19,20,21). The molecule has 1 amide bonds. The van der Waals surface area contributed by atoms with Gasteiger partial charge in [0, 0.05) is 10.1 Å². The molecule has 124 valence electrons. The third kappa shape index (κ3) is 3.99. The molecule has 0 saturated heterocycles. The third-order valence-electron chi connectivity index (χ3n) is 4.50. The summed E-state index contributed by atoms with van der Waals surface area (Å²) in [6.45, 7) is 2.33. The van der Waals surface area contributed by atoms with Crippen molar-refractivity contribution in [3.8, 4) is 0 Å². The Balaban J connectivity index is 1.70. The van der Waals surface area contributed by atoms with Crippen molar-refractivity contribution in [3.05, 3.63) is 18.2 Å². The van der Waals surface area contributed by atoms with Gasteiger partial charge in [0.1, 0.15) is 0 Å². The lowest BCUT2D eigenvalue weighted by molar-refractivity contribution is 0.186. The Morgan fingerprint density at radius 2 is 2.17 bits per heavy atom. The first-order valence-corrected chi connectivity index (χ1v) is 9.05. The number of fused-ring (bicyclic) bond motifs is 1. The van der Waals surface area contributed by atoms with E-state index in [1.54, 1.807) is 0 Å². The van der Waals surface area contributed by atoms with Gasteiger partial charge in [-0.3, -0.25) is 5.32 Å². The van der Waals surface area contributed by atoms with Gasteiger partial charge in [0.15, 0.2) is 0 Å². The lowest BCUT2D eigenvalue weighted by Gasteiger charge is -2.27. The molecule has 6 heteroatoms. The maximum Gasteiger partial charge on any atom is 0.413 e. The van der Waals surface area contributed by atoms with E-state index in [4.69, 9.17) is 0 Å². The highest BCUT2D eigenvalue weighted by molar-refractivity contribution is 8.00. The van der Waals surface area contributed by atoms with Gasteiger partial charge in [-0.25, -0.2) is 9.78 Å². The number of imidazole rings is 1. The monoisotopic (exact) mass is 333 g/mol. The zero-order chi connectivity index (χ0) is 16.2. The van der Waals surface area contributed by atoms with Crippen LogP contribution in [-0.4, -0.2) is 28.4 Å². The molecule has 1 aliphatic rings. The summed E-state index contributed by atoms with van der Waals surface area (Å²) in [6, 6.07) is 6.21. The quantitative estimate of drug-likeness (QED) is 0.789. The summed E-state index contributed by atoms with van der Waals surface area (Å²) >= 11 is 1.93. The second kappa shape index (κ2) is 7.25. The SMILES string of the molecule is COC(=O)Nc1nc2cc(SC(C)C3CCCCC3)ccc2[nH]1. The third-order valence-corrected chi connectivity index (χ3v) is 5.78. The van der Waals surface area contributed by atoms with E-state index in [9.17, 15) is 4.79 Å². The van der Waals surface area contributed by atoms with E-state index in [-0.39, 0.29) is 0 Å². The highest BCUT2D eigenvalue weighted by atomic mass is 32.2. The molecule has 2 N–H and O–H groups in total. The van der Waals surface area contributed by atoms with E-state index < -0.39 is 6.09 Å². The van der Waals surface area contributed by atoms with Gasteiger partial charge in [0.05, 0.1) is 18.1 Å². The fraction of sp³-hybridized carbons (Fsp3) is 0.529. The summed E-state index contributed by atoms with van der Waals surface area (Å²) in [5.41, 5.74) is 1.77. The summed E-state index contributed by atoms with van der Waals surface area (Å²) in [5.74, 6) is 1.23. The summed E-state index contributed by atoms with van der Waals surface area (Å²) < 4.78 is 4.58. The number of aromatic nitrogens is 2. The molecule has 1 unspecified atom stereocenters. The molecular weight excluding hydrogens is 310 g/mol. The molecule has 1 aromatic heterocycles. The molecule has 0 aliphatic heterocycles. The van der Waals surface area contributed by atoms with Crippen molar-refractivity contribution in [2.24, 2.45) is 5.92 Å². The van der Waals surface area contributed by atoms with Crippen LogP contribution in [0.15, 0.2) is 23.1 Å². The van der Waals surface area contributed by atoms with Crippen LogP contribution in [0.1, 0.15) is 39.0 Å². The fourth-order valence-electron chi connectivity index (χ4n) is 3.18. The van der Waals surface area contributed by atoms with Crippen molar-refractivity contribution in [3.63, 3.8) is 0 Å². The molecule has 1 aliphatic carbocycles. The van der Waals surface area contributed by atoms with Crippen LogP contribution in [0.5, 0.6) is 0 Å². The predicted molar refractivity (Wildman–Crippen MR) is 94.0 cm³/mol. The number of thioether (sulfide) groups is 1. The number of methoxy groups -OCH3 is 1. The molecule has 1 heterocycles. The van der Waals surface area contributed by atoms with Crippen LogP contribution >= 0.6 is 11.8 Å². The average molecular weight is 333 g/mol. The van der Waals surface area contributed by atoms with Gasteiger partial charge in [-0.15, -0.1) is 11.8 Å². The number of nitrogens with one attached hydrogen (secondary N) is 2. The molecule has 23 heavy (non-hydrogen) atoms. The minimum absolute atomic E-state index is 0.411. The normalized spacial score (nSPS) is 17.1. The Morgan fingerprint density at radius 3 is 2.91 bits per heavy atom. The van der Waals surface area contributed by atoms with Gasteiger partial charge < -0.3 is 9.72 Å². The fourth-order valence-corrected chi connectivity index (χ4v) is 4.40. The Bertz CT molecular complexity index is 680. The van der Waals surface area contributed by atoms with Crippen molar-refractivity contribution in [1.82, 2.24) is 9.97 Å². The molecule has 1 atom stereocenters. The van der Waals surface area contributed by atoms with E-state index in [2.05, 4.69) is 39.1 Å². The van der Waals surface area contributed by atoms with Gasteiger partial charge in [-0.2, -0.15) is 0 Å². The smallest absolute Gasteiger partial charge is 0.413 e. The maximum atomic E-state index is 11.2. The Morgan fingerprint density at radius 1 is 1.39 bits per heavy atom. The average Bonchev–Trinajstić information content (AvgIpc) is 2.96. The highest BCUT2D eigenvalue weighted by Gasteiger charge is 2.21. The van der Waals surface area contributed by atoms with E-state index in [0.717, 1.165) is 17.0 Å². The Hall–Kier alpha value is -1.69. The number of H-pyrrole nitrogens is 1. The minimum atomic E-state index is -0.524. The number of carbonyl (C=O) groups is 1. The minimum Gasteiger partial charge on any atom is -0.453 e. The Labute approximate surface area is 140 Å². The number of amides is 1. The van der Waals surface area contributed by atoms with Crippen molar-refractivity contribution in [2.75, 3.05) is 12.4 Å². The molecule has 1 aromatic carbocycles. The number of hydrogen-bond acceptors (Lipinski definition) is 4. The lowest BCUT2D eigenvalue weighted by Crippen LogP contribution is -2.16. The largest absolute Gasteiger partial charge is 0.453 e. The molecule has 0 spiro atoms. The predicted octanol–water partition coefficient (Wildman–Crippen LogP) is 4.80. The number of carbonyl (C=O) groups excluding carboxylic acids is 1. The first-order chi connectivity index (χ1) is 11.2. The van der Waals surface area contributed by atoms with Crippen LogP contribution in [0, 0.1) is 5.92 Å². The van der Waals surface area contributed by atoms with Crippen LogP contribution in [-0.2, 0) is 4.74 Å². The zero-order valence-electron chi connectivity index (χ0n) is 13.6. The van der Waals surface area contributed by atoms with Crippen molar-refractivity contribution in [2.45, 2.75) is 49.2 Å². The summed E-state index contributed by atoms with van der Waals surface area (Å²) in [6.07, 6.45) is 6.32. The number of nitrogens with zero attached hydrogens (tertiary/aromatic N) is 1. The highest BCUT2D eigenvalue weighted by Crippen LogP contribution is 2.36. The Kier molecular flexibility index (Phi) is 5.10. The maximum absolute atomic E-state index is 11.2. The molecule has 2 aromatic rings. The number of aromatic amines is 1. The van der Waals surface area contributed by atoms with E-state index in [1.165, 1.54) is 44.1 Å². The van der Waals surface area contributed by atoms with E-state index >= 15 is 0 Å². The second-order valence-electron chi connectivity index (χ2n) is 6.10. The van der Waals surface area contributed by atoms with Gasteiger partial charge in [-0.05, 0) is 37.0 Å². The van der Waals surface area contributed by atoms with E-state index in [0.29, 0.717) is 11.2 Å². The van der Waals surface area contributed by atoms with Crippen LogP contribution in [0.2, 0.25) is 0 Å². The molecule has 0 radical (unpaired) electrons. The van der Waals surface area contributed by atoms with Crippen LogP contribution in [0.4, 0.5) is 10.7 Å². The first kappa shape index (κ1) is 16.2. The van der Waals surface area contributed by atoms with Crippen LogP contribution in [0.3, 0.4) is 0 Å². The van der Waals surface area contributed by atoms with Crippen LogP contribution in [0.25, 0.3) is 11.0 Å². The zero-order valence-corrected chi connectivity index (χ0v) is 14.4. The molecule has 0 bridgehead atoms. The molecular formula is C17H23N3O2S. The van der Waals surface area contributed by atoms with Gasteiger partial charge >= 0.3 is 6.09 Å². The number of hydrogen-bond donors (Lipinski definition) is 2. The molecule has 1 fully saturated rings. The van der Waals surface area contributed by atoms with E-state index in [1.807, 2.05) is 17.8 Å². The first-order valence-electron chi connectivity index (χ1n) is 8.17. The summed E-state index contributed by atoms with van der Waals surface area (Å²) in [4.78, 5) is 19.9. The second-order valence-corrected chi connectivity index (χ2v) is 7.55. The lowest BCUT2D eigenvalue weighted by atomic mass is 9.87. The molecule has 5 nitrogen and oxygen atoms in total. The molecule has 3 rings (SSSR count). The number of anilines is 1. The van der Waals surface area contributed by atoms with Crippen molar-refractivity contribution >= 4 is 34.8 Å². The number of ether oxygens (including phenoxy) is 1. The van der Waals surface area contributed by atoms with Gasteiger partial charge in [0.2, 0.25) is 5.95 Å². The van der Waals surface area contributed by atoms with Gasteiger partial charge in [-0.1, -0.05) is 26.2 Å². The molecule has 1 saturated carbocycles. The summed E-state index contributed by atoms with van der Waals surface area (Å²) in [5, 5.41) is 3.18. The number of rotatable bonds is 4. The number of benzene rings is 1. The van der Waals surface area contributed by atoms with Gasteiger partial charge in [0.25, 0.3) is 0 Å². The van der Waals surface area contributed by atoms with Crippen LogP contribution < -0.4 is 5.32 Å².